The number of rotatable bonds is 12. The summed E-state index contributed by atoms with van der Waals surface area (Å²) < 4.78 is 28.1. The van der Waals surface area contributed by atoms with E-state index in [1.165, 1.54) is 23.9 Å². The van der Waals surface area contributed by atoms with E-state index in [1.807, 2.05) is 48.4 Å². The molecule has 1 amide bonds. The number of carbonyl (C=O) groups excluding carboxylic acids is 2. The summed E-state index contributed by atoms with van der Waals surface area (Å²) in [6, 6.07) is 22.1. The molecule has 0 aliphatic heterocycles. The van der Waals surface area contributed by atoms with Gasteiger partial charge in [-0.05, 0) is 89.6 Å². The van der Waals surface area contributed by atoms with E-state index in [4.69, 9.17) is 6.57 Å². The third-order valence-corrected chi connectivity index (χ3v) is 7.62. The molecule has 0 heterocycles. The zero-order valence-electron chi connectivity index (χ0n) is 24.8. The van der Waals surface area contributed by atoms with Crippen LogP contribution in [0.15, 0.2) is 84.9 Å². The minimum atomic E-state index is -1.34. The third kappa shape index (κ3) is 8.97. The SMILES string of the molecule is [C-]#[N+]c1ccc(N(Cc2cc(F)cc(F)c2)Cc2ccc(C(=O)NC(CCSC)C(=O)[O-])c(-c3ccccc3C)c2)cc1.[Li+]. The molecule has 4 aromatic carbocycles. The number of anilines is 1. The van der Waals surface area contributed by atoms with Crippen LogP contribution in [0, 0.1) is 25.1 Å². The summed E-state index contributed by atoms with van der Waals surface area (Å²) in [6.45, 7) is 9.68. The minimum absolute atomic E-state index is 0. The van der Waals surface area contributed by atoms with Gasteiger partial charge in [-0.25, -0.2) is 13.6 Å². The molecule has 0 aliphatic rings. The summed E-state index contributed by atoms with van der Waals surface area (Å²) in [6.07, 6.45) is 2.09. The second-order valence-corrected chi connectivity index (χ2v) is 11.1. The first-order valence-corrected chi connectivity index (χ1v) is 14.9. The standard InChI is InChI=1S/C34H31F2N3O3S.Li/c1-22-6-4-5-7-29(22)31-18-23(8-13-30(31)33(40)38-32(34(41)42)14-15-43-3)20-39(28-11-9-27(37-2)10-12-28)21-24-16-25(35)19-26(36)17-24;/h4-13,16-19,32H,14-15,20-21H2,1,3H3,(H,38,40)(H,41,42);/q;+1/p-1. The van der Waals surface area contributed by atoms with Gasteiger partial charge < -0.3 is 20.1 Å². The van der Waals surface area contributed by atoms with E-state index in [2.05, 4.69) is 10.2 Å². The van der Waals surface area contributed by atoms with Gasteiger partial charge in [-0.1, -0.05) is 42.5 Å². The van der Waals surface area contributed by atoms with E-state index in [1.54, 1.807) is 36.4 Å². The van der Waals surface area contributed by atoms with Gasteiger partial charge in [0, 0.05) is 30.4 Å². The maximum absolute atomic E-state index is 14.0. The van der Waals surface area contributed by atoms with Crippen LogP contribution in [0.2, 0.25) is 0 Å². The fourth-order valence-electron chi connectivity index (χ4n) is 4.83. The first-order valence-electron chi connectivity index (χ1n) is 13.6. The quantitative estimate of drug-likeness (QED) is 0.198. The number of hydrogen-bond donors (Lipinski definition) is 1. The van der Waals surface area contributed by atoms with Crippen molar-refractivity contribution < 1.29 is 42.3 Å². The number of halogens is 2. The van der Waals surface area contributed by atoms with Gasteiger partial charge in [-0.15, -0.1) is 0 Å². The third-order valence-electron chi connectivity index (χ3n) is 6.98. The van der Waals surface area contributed by atoms with E-state index in [0.29, 0.717) is 34.7 Å². The molecule has 1 N–H and O–H groups in total. The molecule has 4 rings (SSSR count). The summed E-state index contributed by atoms with van der Waals surface area (Å²) in [5, 5.41) is 14.3. The second-order valence-electron chi connectivity index (χ2n) is 10.1. The van der Waals surface area contributed by atoms with Crippen molar-refractivity contribution in [1.29, 1.82) is 0 Å². The van der Waals surface area contributed by atoms with E-state index in [-0.39, 0.29) is 31.8 Å². The van der Waals surface area contributed by atoms with Gasteiger partial charge in [0.2, 0.25) is 0 Å². The van der Waals surface area contributed by atoms with Gasteiger partial charge in [0.25, 0.3) is 5.91 Å². The molecule has 4 aromatic rings. The van der Waals surface area contributed by atoms with Crippen molar-refractivity contribution in [2.24, 2.45) is 0 Å². The number of carboxylic acids is 1. The second kappa shape index (κ2) is 16.1. The van der Waals surface area contributed by atoms with E-state index >= 15 is 0 Å². The Balaban J connectivity index is 0.00000529. The Bertz CT molecular complexity index is 1640. The van der Waals surface area contributed by atoms with Gasteiger partial charge >= 0.3 is 18.9 Å². The average Bonchev–Trinajstić information content (AvgIpc) is 2.98. The molecule has 0 aromatic heterocycles. The molecule has 1 unspecified atom stereocenters. The largest absolute Gasteiger partial charge is 1.00 e. The predicted octanol–water partition coefficient (Wildman–Crippen LogP) is 3.30. The van der Waals surface area contributed by atoms with Gasteiger partial charge in [0.05, 0.1) is 18.6 Å². The molecule has 1 atom stereocenters. The molecular weight excluding hydrogens is 575 g/mol. The first-order chi connectivity index (χ1) is 20.7. The predicted molar refractivity (Wildman–Crippen MR) is 165 cm³/mol. The zero-order valence-corrected chi connectivity index (χ0v) is 25.6. The zero-order chi connectivity index (χ0) is 30.9. The number of nitrogens with zero attached hydrogens (tertiary/aromatic N) is 2. The van der Waals surface area contributed by atoms with Crippen LogP contribution in [0.1, 0.15) is 33.5 Å². The fraction of sp³-hybridized carbons (Fsp3) is 0.206. The van der Waals surface area contributed by atoms with Gasteiger partial charge in [-0.2, -0.15) is 11.8 Å². The Morgan fingerprint density at radius 1 is 0.932 bits per heavy atom. The van der Waals surface area contributed by atoms with Crippen molar-refractivity contribution in [1.82, 2.24) is 5.32 Å². The smallest absolute Gasteiger partial charge is 0.548 e. The number of aliphatic carboxylic acids is 1. The van der Waals surface area contributed by atoms with Crippen LogP contribution < -0.4 is 34.2 Å². The summed E-state index contributed by atoms with van der Waals surface area (Å²) in [5.41, 5.74) is 5.11. The molecule has 10 heteroatoms. The maximum Gasteiger partial charge on any atom is 1.00 e. The van der Waals surface area contributed by atoms with Crippen molar-refractivity contribution in [3.05, 3.63) is 130 Å². The normalized spacial score (nSPS) is 11.2. The van der Waals surface area contributed by atoms with Gasteiger partial charge in [-0.3, -0.25) is 4.79 Å². The molecule has 0 saturated heterocycles. The number of carboxylic acid groups (broad SMARTS) is 1. The van der Waals surface area contributed by atoms with Crippen molar-refractivity contribution in [3.8, 4) is 11.1 Å². The molecule has 0 aliphatic carbocycles. The molecule has 6 nitrogen and oxygen atoms in total. The summed E-state index contributed by atoms with van der Waals surface area (Å²) in [7, 11) is 0. The molecule has 220 valence electrons. The number of carbonyl (C=O) groups is 2. The van der Waals surface area contributed by atoms with Crippen molar-refractivity contribution in [3.63, 3.8) is 0 Å². The molecule has 44 heavy (non-hydrogen) atoms. The molecule has 0 saturated carbocycles. The first kappa shape index (κ1) is 34.4. The van der Waals surface area contributed by atoms with E-state index in [0.717, 1.165) is 28.4 Å². The molecule has 0 radical (unpaired) electrons. The van der Waals surface area contributed by atoms with Crippen LogP contribution in [0.5, 0.6) is 0 Å². The maximum atomic E-state index is 14.0. The minimum Gasteiger partial charge on any atom is -0.548 e. The number of amides is 1. The Morgan fingerprint density at radius 2 is 1.59 bits per heavy atom. The van der Waals surface area contributed by atoms with Gasteiger partial charge in [0.1, 0.15) is 11.6 Å². The fourth-order valence-corrected chi connectivity index (χ4v) is 5.30. The molecular formula is C34H30F2LiN3O3S. The summed E-state index contributed by atoms with van der Waals surface area (Å²) in [5.74, 6) is -2.68. The Morgan fingerprint density at radius 3 is 2.20 bits per heavy atom. The molecule has 0 spiro atoms. The number of aryl methyl sites for hydroxylation is 1. The summed E-state index contributed by atoms with van der Waals surface area (Å²) >= 11 is 1.48. The van der Waals surface area contributed by atoms with Crippen LogP contribution in [0.3, 0.4) is 0 Å². The molecule has 0 fully saturated rings. The Hall–Kier alpha value is -4.08. The number of benzene rings is 4. The van der Waals surface area contributed by atoms with Crippen LogP contribution in [0.4, 0.5) is 20.2 Å². The number of thioether (sulfide) groups is 1. The Labute approximate surface area is 272 Å². The van der Waals surface area contributed by atoms with Crippen LogP contribution >= 0.6 is 11.8 Å². The summed E-state index contributed by atoms with van der Waals surface area (Å²) in [4.78, 5) is 30.5. The number of nitrogens with one attached hydrogen (secondary N) is 1. The Kier molecular flexibility index (Phi) is 12.6. The van der Waals surface area contributed by atoms with Crippen LogP contribution in [-0.2, 0) is 17.9 Å². The monoisotopic (exact) mass is 605 g/mol. The van der Waals surface area contributed by atoms with Crippen molar-refractivity contribution >= 4 is 35.0 Å². The van der Waals surface area contributed by atoms with E-state index in [9.17, 15) is 23.5 Å². The number of hydrogen-bond acceptors (Lipinski definition) is 5. The van der Waals surface area contributed by atoms with Crippen LogP contribution in [-0.4, -0.2) is 29.9 Å². The van der Waals surface area contributed by atoms with Crippen molar-refractivity contribution in [2.45, 2.75) is 32.5 Å². The van der Waals surface area contributed by atoms with Gasteiger partial charge in [0.15, 0.2) is 5.69 Å². The van der Waals surface area contributed by atoms with Crippen molar-refractivity contribution in [2.75, 3.05) is 16.9 Å². The van der Waals surface area contributed by atoms with E-state index < -0.39 is 29.6 Å². The molecule has 0 bridgehead atoms. The van der Waals surface area contributed by atoms with Crippen LogP contribution in [0.25, 0.3) is 16.0 Å². The average molecular weight is 606 g/mol. The topological polar surface area (TPSA) is 76.8 Å².